The first-order valence-electron chi connectivity index (χ1n) is 7.68. The van der Waals surface area contributed by atoms with E-state index >= 15 is 0 Å². The van der Waals surface area contributed by atoms with Crippen LogP contribution >= 0.6 is 11.8 Å². The molecule has 2 aromatic rings. The van der Waals surface area contributed by atoms with Gasteiger partial charge in [0.1, 0.15) is 11.5 Å². The summed E-state index contributed by atoms with van der Waals surface area (Å²) in [4.78, 5) is 14.2. The lowest BCUT2D eigenvalue weighted by molar-refractivity contribution is 0.145. The first kappa shape index (κ1) is 17.0. The van der Waals surface area contributed by atoms with Crippen molar-refractivity contribution in [3.63, 3.8) is 0 Å². The fourth-order valence-corrected chi connectivity index (χ4v) is 2.97. The predicted molar refractivity (Wildman–Crippen MR) is 87.4 cm³/mol. The van der Waals surface area contributed by atoms with Crippen molar-refractivity contribution >= 4 is 17.6 Å². The maximum absolute atomic E-state index is 13.0. The quantitative estimate of drug-likeness (QED) is 0.575. The van der Waals surface area contributed by atoms with Crippen LogP contribution in [-0.2, 0) is 6.54 Å². The Hall–Kier alpha value is -1.81. The van der Waals surface area contributed by atoms with Gasteiger partial charge in [0.05, 0.1) is 18.9 Å². The van der Waals surface area contributed by atoms with Gasteiger partial charge in [-0.05, 0) is 6.26 Å². The first-order valence-corrected chi connectivity index (χ1v) is 8.90. The van der Waals surface area contributed by atoms with E-state index in [0.717, 1.165) is 39.3 Å². The minimum atomic E-state index is -2.58. The Balaban J connectivity index is 1.58. The second-order valence-electron chi connectivity index (χ2n) is 5.39. The molecule has 1 fully saturated rings. The van der Waals surface area contributed by atoms with Crippen LogP contribution < -0.4 is 4.90 Å². The van der Waals surface area contributed by atoms with Crippen LogP contribution in [0.1, 0.15) is 12.1 Å². The standard InChI is InChI=1S/C14H19F2N7S/c1-24-14-19-11(13(15)16)10-12(20-14)22-7-4-21(5-8-22)6-9-23-17-2-3-18-23/h2-3,10,13H,4-9H2,1H3. The number of piperazine rings is 1. The summed E-state index contributed by atoms with van der Waals surface area (Å²) in [5, 5.41) is 8.56. The van der Waals surface area contributed by atoms with Crippen molar-refractivity contribution in [2.75, 3.05) is 43.9 Å². The van der Waals surface area contributed by atoms with Crippen LogP contribution in [0.25, 0.3) is 0 Å². The van der Waals surface area contributed by atoms with Gasteiger partial charge in [0, 0.05) is 38.8 Å². The molecule has 130 valence electrons. The Morgan fingerprint density at radius 1 is 1.08 bits per heavy atom. The van der Waals surface area contributed by atoms with Gasteiger partial charge in [-0.1, -0.05) is 11.8 Å². The monoisotopic (exact) mass is 355 g/mol. The SMILES string of the molecule is CSc1nc(C(F)F)cc(N2CCN(CCn3nccn3)CC2)n1. The molecule has 0 radical (unpaired) electrons. The maximum atomic E-state index is 13.0. The van der Waals surface area contributed by atoms with Crippen LogP contribution in [0.15, 0.2) is 23.6 Å². The minimum absolute atomic E-state index is 0.212. The molecule has 24 heavy (non-hydrogen) atoms. The molecule has 3 heterocycles. The molecule has 0 aromatic carbocycles. The van der Waals surface area contributed by atoms with Gasteiger partial charge < -0.3 is 4.90 Å². The Bertz CT molecular complexity index is 645. The molecule has 1 saturated heterocycles. The molecule has 0 unspecified atom stereocenters. The fourth-order valence-electron chi connectivity index (χ4n) is 2.59. The number of nitrogens with zero attached hydrogens (tertiary/aromatic N) is 7. The van der Waals surface area contributed by atoms with Gasteiger partial charge in [-0.3, -0.25) is 4.90 Å². The lowest BCUT2D eigenvalue weighted by Gasteiger charge is -2.35. The Morgan fingerprint density at radius 3 is 2.42 bits per heavy atom. The highest BCUT2D eigenvalue weighted by atomic mass is 32.2. The van der Waals surface area contributed by atoms with E-state index in [2.05, 4.69) is 25.1 Å². The van der Waals surface area contributed by atoms with Crippen molar-refractivity contribution in [1.82, 2.24) is 29.9 Å². The van der Waals surface area contributed by atoms with Crippen molar-refractivity contribution in [3.05, 3.63) is 24.2 Å². The normalized spacial score (nSPS) is 16.1. The Labute approximate surface area is 143 Å². The third-order valence-electron chi connectivity index (χ3n) is 3.90. The predicted octanol–water partition coefficient (Wildman–Crippen LogP) is 1.55. The molecule has 2 aromatic heterocycles. The summed E-state index contributed by atoms with van der Waals surface area (Å²) in [5.74, 6) is 0.582. The molecule has 3 rings (SSSR count). The molecular weight excluding hydrogens is 336 g/mol. The molecule has 0 N–H and O–H groups in total. The number of halogens is 2. The van der Waals surface area contributed by atoms with Gasteiger partial charge in [0.2, 0.25) is 0 Å². The van der Waals surface area contributed by atoms with Crippen LogP contribution in [0.2, 0.25) is 0 Å². The Morgan fingerprint density at radius 2 is 1.79 bits per heavy atom. The maximum Gasteiger partial charge on any atom is 0.280 e. The number of thioether (sulfide) groups is 1. The summed E-state index contributed by atoms with van der Waals surface area (Å²) in [7, 11) is 0. The number of rotatable bonds is 6. The molecule has 0 saturated carbocycles. The highest BCUT2D eigenvalue weighted by Gasteiger charge is 2.21. The number of anilines is 1. The van der Waals surface area contributed by atoms with Gasteiger partial charge >= 0.3 is 0 Å². The van der Waals surface area contributed by atoms with E-state index in [-0.39, 0.29) is 5.69 Å². The molecule has 0 bridgehead atoms. The molecule has 1 aliphatic rings. The zero-order chi connectivity index (χ0) is 16.9. The lowest BCUT2D eigenvalue weighted by atomic mass is 10.3. The number of hydrogen-bond donors (Lipinski definition) is 0. The number of hydrogen-bond acceptors (Lipinski definition) is 7. The second kappa shape index (κ2) is 7.84. The van der Waals surface area contributed by atoms with E-state index in [4.69, 9.17) is 0 Å². The summed E-state index contributed by atoms with van der Waals surface area (Å²) >= 11 is 1.28. The molecule has 0 spiro atoms. The van der Waals surface area contributed by atoms with Crippen LogP contribution in [0.5, 0.6) is 0 Å². The summed E-state index contributed by atoms with van der Waals surface area (Å²) in [6.45, 7) is 4.81. The first-order chi connectivity index (χ1) is 11.7. The average molecular weight is 355 g/mol. The van der Waals surface area contributed by atoms with Crippen LogP contribution in [0, 0.1) is 0 Å². The van der Waals surface area contributed by atoms with E-state index < -0.39 is 6.43 Å². The van der Waals surface area contributed by atoms with E-state index in [9.17, 15) is 8.78 Å². The molecule has 7 nitrogen and oxygen atoms in total. The van der Waals surface area contributed by atoms with E-state index in [1.54, 1.807) is 23.4 Å². The molecule has 10 heteroatoms. The van der Waals surface area contributed by atoms with Crippen LogP contribution in [0.4, 0.5) is 14.6 Å². The van der Waals surface area contributed by atoms with Crippen LogP contribution in [0.3, 0.4) is 0 Å². The van der Waals surface area contributed by atoms with Gasteiger partial charge in [-0.25, -0.2) is 18.7 Å². The number of alkyl halides is 2. The zero-order valence-corrected chi connectivity index (χ0v) is 14.2. The van der Waals surface area contributed by atoms with Gasteiger partial charge in [-0.2, -0.15) is 15.0 Å². The highest BCUT2D eigenvalue weighted by Crippen LogP contribution is 2.24. The lowest BCUT2D eigenvalue weighted by Crippen LogP contribution is -2.47. The topological polar surface area (TPSA) is 63.0 Å². The number of aromatic nitrogens is 5. The van der Waals surface area contributed by atoms with Crippen molar-refractivity contribution < 1.29 is 8.78 Å². The third kappa shape index (κ3) is 4.18. The highest BCUT2D eigenvalue weighted by molar-refractivity contribution is 7.98. The largest absolute Gasteiger partial charge is 0.354 e. The zero-order valence-electron chi connectivity index (χ0n) is 13.3. The molecule has 0 amide bonds. The third-order valence-corrected chi connectivity index (χ3v) is 4.44. The molecule has 0 aliphatic carbocycles. The molecule has 0 atom stereocenters. The van der Waals surface area contributed by atoms with Gasteiger partial charge in [0.25, 0.3) is 6.43 Å². The van der Waals surface area contributed by atoms with Gasteiger partial charge in [-0.15, -0.1) is 0 Å². The molecular formula is C14H19F2N7S. The summed E-state index contributed by atoms with van der Waals surface area (Å²) in [6.07, 6.45) is 2.53. The Kier molecular flexibility index (Phi) is 5.56. The van der Waals surface area contributed by atoms with Crippen molar-refractivity contribution in [3.8, 4) is 0 Å². The second-order valence-corrected chi connectivity index (χ2v) is 6.17. The van der Waals surface area contributed by atoms with Crippen molar-refractivity contribution in [2.45, 2.75) is 18.1 Å². The minimum Gasteiger partial charge on any atom is -0.354 e. The van der Waals surface area contributed by atoms with Gasteiger partial charge in [0.15, 0.2) is 5.16 Å². The van der Waals surface area contributed by atoms with E-state index in [1.165, 1.54) is 17.8 Å². The van der Waals surface area contributed by atoms with Crippen molar-refractivity contribution in [1.29, 1.82) is 0 Å². The van der Waals surface area contributed by atoms with E-state index in [1.807, 2.05) is 4.90 Å². The summed E-state index contributed by atoms with van der Waals surface area (Å²) < 4.78 is 26.0. The summed E-state index contributed by atoms with van der Waals surface area (Å²) in [5.41, 5.74) is -0.212. The van der Waals surface area contributed by atoms with E-state index in [0.29, 0.717) is 11.0 Å². The average Bonchev–Trinajstić information content (AvgIpc) is 3.13. The fraction of sp³-hybridized carbons (Fsp3) is 0.571. The smallest absolute Gasteiger partial charge is 0.280 e. The molecule has 1 aliphatic heterocycles. The summed E-state index contributed by atoms with van der Waals surface area (Å²) in [6, 6.07) is 1.40. The van der Waals surface area contributed by atoms with Crippen LogP contribution in [-0.4, -0.2) is 68.8 Å². The van der Waals surface area contributed by atoms with Crippen molar-refractivity contribution in [2.24, 2.45) is 0 Å².